The standard InChI is InChI=1S/C12H15BrN4O2/c1-12(2,3)19-11(18)14-6-9-15-7-4-5-8(13)16-10(7)17-9/h4-5H,6H2,1-3H3,(H,14,18)(H,15,16,17). The van der Waals surface area contributed by atoms with Crippen molar-refractivity contribution in [1.29, 1.82) is 0 Å². The Kier molecular flexibility index (Phi) is 3.75. The van der Waals surface area contributed by atoms with E-state index >= 15 is 0 Å². The molecule has 0 fully saturated rings. The maximum Gasteiger partial charge on any atom is 0.408 e. The fraction of sp³-hybridized carbons (Fsp3) is 0.417. The molecule has 0 spiro atoms. The highest BCUT2D eigenvalue weighted by molar-refractivity contribution is 9.10. The van der Waals surface area contributed by atoms with Gasteiger partial charge in [0.2, 0.25) is 0 Å². The van der Waals surface area contributed by atoms with Crippen LogP contribution in [0.1, 0.15) is 26.6 Å². The fourth-order valence-corrected chi connectivity index (χ4v) is 1.78. The Labute approximate surface area is 119 Å². The molecule has 6 nitrogen and oxygen atoms in total. The molecule has 0 unspecified atom stereocenters. The number of fused-ring (bicyclic) bond motifs is 1. The Morgan fingerprint density at radius 3 is 2.84 bits per heavy atom. The van der Waals surface area contributed by atoms with Crippen LogP contribution in [-0.4, -0.2) is 26.6 Å². The van der Waals surface area contributed by atoms with Crippen molar-refractivity contribution < 1.29 is 9.53 Å². The van der Waals surface area contributed by atoms with Gasteiger partial charge in [-0.25, -0.2) is 14.8 Å². The molecule has 0 aliphatic heterocycles. The van der Waals surface area contributed by atoms with E-state index in [1.54, 1.807) is 0 Å². The molecule has 2 rings (SSSR count). The molecule has 2 aromatic rings. The Balaban J connectivity index is 2.00. The lowest BCUT2D eigenvalue weighted by Crippen LogP contribution is -2.32. The normalized spacial score (nSPS) is 11.6. The molecule has 0 saturated heterocycles. The van der Waals surface area contributed by atoms with E-state index < -0.39 is 11.7 Å². The highest BCUT2D eigenvalue weighted by atomic mass is 79.9. The minimum absolute atomic E-state index is 0.267. The topological polar surface area (TPSA) is 79.9 Å². The summed E-state index contributed by atoms with van der Waals surface area (Å²) >= 11 is 3.29. The summed E-state index contributed by atoms with van der Waals surface area (Å²) in [7, 11) is 0. The number of alkyl carbamates (subject to hydrolysis) is 1. The Hall–Kier alpha value is -1.63. The number of hydrogen-bond acceptors (Lipinski definition) is 4. The summed E-state index contributed by atoms with van der Waals surface area (Å²) in [5.41, 5.74) is 0.921. The SMILES string of the molecule is CC(C)(C)OC(=O)NCc1nc2ccc(Br)nc2[nH]1. The lowest BCUT2D eigenvalue weighted by atomic mass is 10.2. The molecule has 2 heterocycles. The third-order valence-corrected chi connectivity index (χ3v) is 2.60. The summed E-state index contributed by atoms with van der Waals surface area (Å²) < 4.78 is 5.87. The molecule has 7 heteroatoms. The fourth-order valence-electron chi connectivity index (χ4n) is 1.47. The molecule has 1 amide bonds. The summed E-state index contributed by atoms with van der Waals surface area (Å²) in [4.78, 5) is 23.1. The highest BCUT2D eigenvalue weighted by Crippen LogP contribution is 2.13. The number of carbonyl (C=O) groups excluding carboxylic acids is 1. The smallest absolute Gasteiger partial charge is 0.408 e. The quantitative estimate of drug-likeness (QED) is 0.831. The van der Waals surface area contributed by atoms with Crippen molar-refractivity contribution in [3.05, 3.63) is 22.6 Å². The van der Waals surface area contributed by atoms with E-state index in [0.717, 1.165) is 10.1 Å². The van der Waals surface area contributed by atoms with Gasteiger partial charge >= 0.3 is 6.09 Å². The van der Waals surface area contributed by atoms with Crippen LogP contribution in [0.25, 0.3) is 11.2 Å². The van der Waals surface area contributed by atoms with E-state index in [0.29, 0.717) is 11.5 Å². The lowest BCUT2D eigenvalue weighted by Gasteiger charge is -2.19. The van der Waals surface area contributed by atoms with Crippen molar-refractivity contribution in [1.82, 2.24) is 20.3 Å². The molecular formula is C12H15BrN4O2. The van der Waals surface area contributed by atoms with Crippen LogP contribution in [0.15, 0.2) is 16.7 Å². The predicted octanol–water partition coefficient (Wildman–Crippen LogP) is 2.75. The van der Waals surface area contributed by atoms with Gasteiger partial charge in [0.15, 0.2) is 5.65 Å². The van der Waals surface area contributed by atoms with Crippen LogP contribution < -0.4 is 5.32 Å². The maximum absolute atomic E-state index is 11.5. The van der Waals surface area contributed by atoms with Gasteiger partial charge in [-0.15, -0.1) is 0 Å². The second-order valence-electron chi connectivity index (χ2n) is 5.04. The largest absolute Gasteiger partial charge is 0.444 e. The van der Waals surface area contributed by atoms with E-state index in [1.165, 1.54) is 0 Å². The zero-order valence-corrected chi connectivity index (χ0v) is 12.5. The van der Waals surface area contributed by atoms with Gasteiger partial charge in [-0.2, -0.15) is 0 Å². The van der Waals surface area contributed by atoms with Crippen molar-refractivity contribution in [2.24, 2.45) is 0 Å². The first kappa shape index (κ1) is 13.8. The second-order valence-corrected chi connectivity index (χ2v) is 5.85. The molecule has 0 radical (unpaired) electrons. The third-order valence-electron chi connectivity index (χ3n) is 2.16. The highest BCUT2D eigenvalue weighted by Gasteiger charge is 2.16. The number of rotatable bonds is 2. The predicted molar refractivity (Wildman–Crippen MR) is 74.7 cm³/mol. The molecule has 19 heavy (non-hydrogen) atoms. The minimum Gasteiger partial charge on any atom is -0.444 e. The number of nitrogens with zero attached hydrogens (tertiary/aromatic N) is 2. The van der Waals surface area contributed by atoms with Gasteiger partial charge in [0.1, 0.15) is 21.5 Å². The van der Waals surface area contributed by atoms with Crippen molar-refractivity contribution in [3.8, 4) is 0 Å². The molecule has 0 atom stereocenters. The Bertz CT molecular complexity index is 603. The summed E-state index contributed by atoms with van der Waals surface area (Å²) in [5, 5.41) is 2.64. The second kappa shape index (κ2) is 5.16. The zero-order valence-electron chi connectivity index (χ0n) is 11.0. The van der Waals surface area contributed by atoms with Crippen LogP contribution in [0.4, 0.5) is 4.79 Å². The number of H-pyrrole nitrogens is 1. The number of aromatic amines is 1. The number of imidazole rings is 1. The minimum atomic E-state index is -0.510. The van der Waals surface area contributed by atoms with Gasteiger partial charge in [0.05, 0.1) is 6.54 Å². The molecule has 0 bridgehead atoms. The Morgan fingerprint density at radius 1 is 1.42 bits per heavy atom. The summed E-state index contributed by atoms with van der Waals surface area (Å²) in [6.07, 6.45) is -0.470. The van der Waals surface area contributed by atoms with Gasteiger partial charge in [-0.05, 0) is 48.8 Å². The molecule has 2 aromatic heterocycles. The molecule has 0 aliphatic rings. The first-order chi connectivity index (χ1) is 8.83. The van der Waals surface area contributed by atoms with E-state index in [4.69, 9.17) is 4.74 Å². The number of carbonyl (C=O) groups is 1. The van der Waals surface area contributed by atoms with Gasteiger partial charge in [-0.3, -0.25) is 0 Å². The number of amides is 1. The average molecular weight is 327 g/mol. The molecular weight excluding hydrogens is 312 g/mol. The van der Waals surface area contributed by atoms with E-state index in [2.05, 4.69) is 36.2 Å². The molecule has 0 aliphatic carbocycles. The van der Waals surface area contributed by atoms with Crippen LogP contribution in [0.3, 0.4) is 0 Å². The van der Waals surface area contributed by atoms with Crippen molar-refractivity contribution in [2.75, 3.05) is 0 Å². The Morgan fingerprint density at radius 2 is 2.16 bits per heavy atom. The number of pyridine rings is 1. The molecule has 0 aromatic carbocycles. The first-order valence-corrected chi connectivity index (χ1v) is 6.61. The monoisotopic (exact) mass is 326 g/mol. The van der Waals surface area contributed by atoms with Crippen molar-refractivity contribution in [3.63, 3.8) is 0 Å². The van der Waals surface area contributed by atoms with Crippen LogP contribution in [0.2, 0.25) is 0 Å². The third kappa shape index (κ3) is 3.92. The zero-order chi connectivity index (χ0) is 14.0. The number of aromatic nitrogens is 3. The first-order valence-electron chi connectivity index (χ1n) is 5.81. The van der Waals surface area contributed by atoms with Crippen molar-refractivity contribution in [2.45, 2.75) is 32.9 Å². The van der Waals surface area contributed by atoms with Crippen LogP contribution >= 0.6 is 15.9 Å². The molecule has 2 N–H and O–H groups in total. The lowest BCUT2D eigenvalue weighted by molar-refractivity contribution is 0.0522. The number of nitrogens with one attached hydrogen (secondary N) is 2. The van der Waals surface area contributed by atoms with Gasteiger partial charge in [0, 0.05) is 0 Å². The maximum atomic E-state index is 11.5. The van der Waals surface area contributed by atoms with Gasteiger partial charge in [-0.1, -0.05) is 0 Å². The van der Waals surface area contributed by atoms with E-state index in [-0.39, 0.29) is 6.54 Å². The summed E-state index contributed by atoms with van der Waals surface area (Å²) in [6.45, 7) is 5.71. The number of ether oxygens (including phenoxy) is 1. The number of halogens is 1. The summed E-state index contributed by atoms with van der Waals surface area (Å²) in [5.74, 6) is 0.631. The van der Waals surface area contributed by atoms with Crippen molar-refractivity contribution >= 4 is 33.2 Å². The van der Waals surface area contributed by atoms with Crippen LogP contribution in [0.5, 0.6) is 0 Å². The average Bonchev–Trinajstić information content (AvgIpc) is 2.66. The van der Waals surface area contributed by atoms with E-state index in [9.17, 15) is 4.79 Å². The van der Waals surface area contributed by atoms with Gasteiger partial charge < -0.3 is 15.0 Å². The van der Waals surface area contributed by atoms with Crippen LogP contribution in [-0.2, 0) is 11.3 Å². The number of hydrogen-bond donors (Lipinski definition) is 2. The molecule has 0 saturated carbocycles. The molecule has 102 valence electrons. The van der Waals surface area contributed by atoms with E-state index in [1.807, 2.05) is 32.9 Å². The summed E-state index contributed by atoms with van der Waals surface area (Å²) in [6, 6.07) is 3.66. The van der Waals surface area contributed by atoms with Crippen LogP contribution in [0, 0.1) is 0 Å². The van der Waals surface area contributed by atoms with Gasteiger partial charge in [0.25, 0.3) is 0 Å².